The lowest BCUT2D eigenvalue weighted by Crippen LogP contribution is -2.12. The van der Waals surface area contributed by atoms with Crippen LogP contribution in [0.25, 0.3) is 0 Å². The zero-order valence-electron chi connectivity index (χ0n) is 6.38. The number of hydrogen-bond acceptors (Lipinski definition) is 2. The van der Waals surface area contributed by atoms with Crippen molar-refractivity contribution in [2.75, 3.05) is 6.61 Å². The molecule has 0 amide bonds. The van der Waals surface area contributed by atoms with E-state index in [2.05, 4.69) is 6.58 Å². The summed E-state index contributed by atoms with van der Waals surface area (Å²) in [5, 5.41) is 0. The molecule has 2 heteroatoms. The van der Waals surface area contributed by atoms with Crippen LogP contribution in [0.5, 0.6) is 0 Å². The Balaban J connectivity index is 2.21. The van der Waals surface area contributed by atoms with Crippen molar-refractivity contribution in [2.45, 2.75) is 32.2 Å². The molecule has 0 bridgehead atoms. The second-order valence-electron chi connectivity index (χ2n) is 2.37. The summed E-state index contributed by atoms with van der Waals surface area (Å²) in [6.45, 7) is 6.36. The van der Waals surface area contributed by atoms with Crippen LogP contribution < -0.4 is 0 Å². The van der Waals surface area contributed by atoms with Crippen LogP contribution in [0, 0.1) is 0 Å². The molecular weight excluding hydrogens is 128 g/mol. The van der Waals surface area contributed by atoms with Gasteiger partial charge in [0.25, 0.3) is 0 Å². The molecule has 1 heterocycles. The van der Waals surface area contributed by atoms with Gasteiger partial charge in [0.05, 0.1) is 6.10 Å². The van der Waals surface area contributed by atoms with Crippen molar-refractivity contribution >= 4 is 0 Å². The Morgan fingerprint density at radius 3 is 3.00 bits per heavy atom. The third-order valence-electron chi connectivity index (χ3n) is 1.63. The summed E-state index contributed by atoms with van der Waals surface area (Å²) in [5.41, 5.74) is 0. The predicted octanol–water partition coefficient (Wildman–Crippen LogP) is 1.71. The Morgan fingerprint density at radius 2 is 2.50 bits per heavy atom. The second-order valence-corrected chi connectivity index (χ2v) is 2.37. The predicted molar refractivity (Wildman–Crippen MR) is 39.7 cm³/mol. The van der Waals surface area contributed by atoms with Crippen LogP contribution in [-0.2, 0) is 9.47 Å². The Morgan fingerprint density at radius 1 is 1.70 bits per heavy atom. The molecule has 0 aromatic carbocycles. The van der Waals surface area contributed by atoms with Crippen molar-refractivity contribution in [1.29, 1.82) is 0 Å². The van der Waals surface area contributed by atoms with Gasteiger partial charge in [0.1, 0.15) is 0 Å². The fourth-order valence-electron chi connectivity index (χ4n) is 1.11. The van der Waals surface area contributed by atoms with E-state index in [1.54, 1.807) is 0 Å². The maximum atomic E-state index is 5.41. The standard InChI is InChI=1S/C8H14O2/c1-3-7-5-6-8(10-7)9-4-2/h3,7-8H,1,4-6H2,2H3. The molecule has 0 spiro atoms. The van der Waals surface area contributed by atoms with Gasteiger partial charge < -0.3 is 9.47 Å². The van der Waals surface area contributed by atoms with E-state index >= 15 is 0 Å². The average Bonchev–Trinajstić information content (AvgIpc) is 2.37. The Bertz CT molecular complexity index is 112. The molecular formula is C8H14O2. The van der Waals surface area contributed by atoms with Gasteiger partial charge in [-0.2, -0.15) is 0 Å². The smallest absolute Gasteiger partial charge is 0.158 e. The Labute approximate surface area is 61.8 Å². The monoisotopic (exact) mass is 142 g/mol. The Hall–Kier alpha value is -0.340. The van der Waals surface area contributed by atoms with Gasteiger partial charge in [0.2, 0.25) is 0 Å². The van der Waals surface area contributed by atoms with Crippen LogP contribution in [0.3, 0.4) is 0 Å². The van der Waals surface area contributed by atoms with E-state index in [-0.39, 0.29) is 12.4 Å². The lowest BCUT2D eigenvalue weighted by Gasteiger charge is -2.09. The van der Waals surface area contributed by atoms with Gasteiger partial charge in [-0.3, -0.25) is 0 Å². The average molecular weight is 142 g/mol. The van der Waals surface area contributed by atoms with E-state index < -0.39 is 0 Å². The van der Waals surface area contributed by atoms with Crippen LogP contribution in [0.2, 0.25) is 0 Å². The molecule has 1 saturated heterocycles. The topological polar surface area (TPSA) is 18.5 Å². The molecule has 1 rings (SSSR count). The molecule has 1 aliphatic rings. The van der Waals surface area contributed by atoms with E-state index in [4.69, 9.17) is 9.47 Å². The van der Waals surface area contributed by atoms with Gasteiger partial charge in [0.15, 0.2) is 6.29 Å². The molecule has 2 atom stereocenters. The molecule has 2 unspecified atom stereocenters. The van der Waals surface area contributed by atoms with E-state index in [1.165, 1.54) is 0 Å². The largest absolute Gasteiger partial charge is 0.353 e. The van der Waals surface area contributed by atoms with E-state index in [1.807, 2.05) is 13.0 Å². The minimum Gasteiger partial charge on any atom is -0.353 e. The van der Waals surface area contributed by atoms with E-state index in [9.17, 15) is 0 Å². The zero-order chi connectivity index (χ0) is 7.40. The van der Waals surface area contributed by atoms with Gasteiger partial charge in [-0.1, -0.05) is 6.08 Å². The summed E-state index contributed by atoms with van der Waals surface area (Å²) >= 11 is 0. The number of hydrogen-bond donors (Lipinski definition) is 0. The fraction of sp³-hybridized carbons (Fsp3) is 0.750. The third-order valence-corrected chi connectivity index (χ3v) is 1.63. The van der Waals surface area contributed by atoms with Crippen molar-refractivity contribution in [2.24, 2.45) is 0 Å². The molecule has 1 fully saturated rings. The van der Waals surface area contributed by atoms with Crippen molar-refractivity contribution < 1.29 is 9.47 Å². The normalized spacial score (nSPS) is 32.5. The molecule has 0 aliphatic carbocycles. The number of ether oxygens (including phenoxy) is 2. The maximum absolute atomic E-state index is 5.41. The fourth-order valence-corrected chi connectivity index (χ4v) is 1.11. The molecule has 0 saturated carbocycles. The first-order valence-corrected chi connectivity index (χ1v) is 3.76. The van der Waals surface area contributed by atoms with E-state index in [0.29, 0.717) is 0 Å². The lowest BCUT2D eigenvalue weighted by molar-refractivity contribution is -0.120. The SMILES string of the molecule is C=CC1CCC(OCC)O1. The molecule has 0 N–H and O–H groups in total. The minimum atomic E-state index is 0.0213. The van der Waals surface area contributed by atoms with Crippen molar-refractivity contribution in [3.05, 3.63) is 12.7 Å². The van der Waals surface area contributed by atoms with Crippen LogP contribution in [0.15, 0.2) is 12.7 Å². The van der Waals surface area contributed by atoms with Gasteiger partial charge in [-0.25, -0.2) is 0 Å². The highest BCUT2D eigenvalue weighted by Crippen LogP contribution is 2.20. The summed E-state index contributed by atoms with van der Waals surface area (Å²) < 4.78 is 10.7. The highest BCUT2D eigenvalue weighted by Gasteiger charge is 2.22. The lowest BCUT2D eigenvalue weighted by atomic mass is 10.2. The van der Waals surface area contributed by atoms with Crippen molar-refractivity contribution in [3.63, 3.8) is 0 Å². The summed E-state index contributed by atoms with van der Waals surface area (Å²) in [6.07, 6.45) is 4.13. The molecule has 0 aromatic rings. The van der Waals surface area contributed by atoms with Crippen LogP contribution in [0.4, 0.5) is 0 Å². The van der Waals surface area contributed by atoms with Gasteiger partial charge in [0, 0.05) is 13.0 Å². The van der Waals surface area contributed by atoms with Gasteiger partial charge >= 0.3 is 0 Å². The zero-order valence-corrected chi connectivity index (χ0v) is 6.38. The first kappa shape index (κ1) is 7.76. The summed E-state index contributed by atoms with van der Waals surface area (Å²) in [6, 6.07) is 0. The van der Waals surface area contributed by atoms with Crippen LogP contribution in [-0.4, -0.2) is 19.0 Å². The summed E-state index contributed by atoms with van der Waals surface area (Å²) in [7, 11) is 0. The van der Waals surface area contributed by atoms with E-state index in [0.717, 1.165) is 19.4 Å². The molecule has 0 aromatic heterocycles. The second kappa shape index (κ2) is 3.74. The highest BCUT2D eigenvalue weighted by molar-refractivity contribution is 4.84. The molecule has 0 radical (unpaired) electrons. The first-order chi connectivity index (χ1) is 4.86. The molecule has 10 heavy (non-hydrogen) atoms. The molecule has 58 valence electrons. The van der Waals surface area contributed by atoms with Crippen molar-refractivity contribution in [3.8, 4) is 0 Å². The van der Waals surface area contributed by atoms with Crippen LogP contribution in [0.1, 0.15) is 19.8 Å². The van der Waals surface area contributed by atoms with Gasteiger partial charge in [-0.05, 0) is 13.3 Å². The summed E-state index contributed by atoms with van der Waals surface area (Å²) in [5.74, 6) is 0. The quantitative estimate of drug-likeness (QED) is 0.558. The first-order valence-electron chi connectivity index (χ1n) is 3.76. The number of rotatable bonds is 3. The molecule has 2 nitrogen and oxygen atoms in total. The Kier molecular flexibility index (Phi) is 2.90. The minimum absolute atomic E-state index is 0.0213. The van der Waals surface area contributed by atoms with Gasteiger partial charge in [-0.15, -0.1) is 6.58 Å². The summed E-state index contributed by atoms with van der Waals surface area (Å²) in [4.78, 5) is 0. The van der Waals surface area contributed by atoms with Crippen molar-refractivity contribution in [1.82, 2.24) is 0 Å². The maximum Gasteiger partial charge on any atom is 0.158 e. The van der Waals surface area contributed by atoms with Crippen LogP contribution >= 0.6 is 0 Å². The highest BCUT2D eigenvalue weighted by atomic mass is 16.7. The molecule has 1 aliphatic heterocycles. The third kappa shape index (κ3) is 1.82.